The van der Waals surface area contributed by atoms with E-state index in [1.54, 1.807) is 0 Å². The highest BCUT2D eigenvalue weighted by Gasteiger charge is 2.27. The van der Waals surface area contributed by atoms with E-state index in [9.17, 15) is 8.42 Å². The van der Waals surface area contributed by atoms with Crippen LogP contribution < -0.4 is 0 Å². The van der Waals surface area contributed by atoms with Gasteiger partial charge in [0.25, 0.3) is 0 Å². The van der Waals surface area contributed by atoms with E-state index in [0.717, 1.165) is 11.4 Å². The number of hydrogen-bond acceptors (Lipinski definition) is 7. The van der Waals surface area contributed by atoms with Crippen molar-refractivity contribution in [3.05, 3.63) is 11.4 Å². The van der Waals surface area contributed by atoms with E-state index in [1.165, 1.54) is 11.4 Å². The van der Waals surface area contributed by atoms with Gasteiger partial charge >= 0.3 is 0 Å². The van der Waals surface area contributed by atoms with Gasteiger partial charge in [-0.15, -0.1) is 0 Å². The molecule has 0 radical (unpaired) electrons. The van der Waals surface area contributed by atoms with E-state index in [1.807, 2.05) is 6.92 Å². The molecule has 0 atom stereocenters. The van der Waals surface area contributed by atoms with Crippen molar-refractivity contribution in [3.8, 4) is 0 Å². The normalized spacial score (nSPS) is 18.5. The molecule has 1 aromatic rings. The fraction of sp³-hybridized carbons (Fsp3) is 0.818. The number of hydrogen-bond donors (Lipinski definition) is 0. The minimum Gasteiger partial charge on any atom is -0.384 e. The minimum atomic E-state index is -3.20. The van der Waals surface area contributed by atoms with E-state index in [0.29, 0.717) is 32.7 Å². The summed E-state index contributed by atoms with van der Waals surface area (Å²) in [5.41, 5.74) is 1.58. The molecule has 0 saturated carbocycles. The second-order valence-corrected chi connectivity index (χ2v) is 6.87. The van der Waals surface area contributed by atoms with Crippen molar-refractivity contribution in [2.75, 3.05) is 45.6 Å². The zero-order chi connectivity index (χ0) is 14.6. The van der Waals surface area contributed by atoms with Crippen molar-refractivity contribution in [2.24, 2.45) is 0 Å². The maximum absolute atomic E-state index is 12.0. The van der Waals surface area contributed by atoms with E-state index < -0.39 is 10.0 Å². The second-order valence-electron chi connectivity index (χ2n) is 4.78. The molecule has 1 aliphatic heterocycles. The Labute approximate surface area is 118 Å². The van der Waals surface area contributed by atoms with Gasteiger partial charge in [-0.05, 0) is 6.92 Å². The average Bonchev–Trinajstić information content (AvgIpc) is 2.83. The van der Waals surface area contributed by atoms with Gasteiger partial charge in [0.05, 0.1) is 12.4 Å². The molecule has 0 aliphatic carbocycles. The van der Waals surface area contributed by atoms with Gasteiger partial charge in [0, 0.05) is 39.8 Å². The highest BCUT2D eigenvalue weighted by atomic mass is 32.2. The van der Waals surface area contributed by atoms with Crippen LogP contribution in [0.1, 0.15) is 11.4 Å². The number of rotatable bonds is 6. The zero-order valence-electron chi connectivity index (χ0n) is 11.8. The summed E-state index contributed by atoms with van der Waals surface area (Å²) in [6.07, 6.45) is 0. The van der Waals surface area contributed by atoms with E-state index in [-0.39, 0.29) is 12.4 Å². The van der Waals surface area contributed by atoms with Crippen LogP contribution in [0.3, 0.4) is 0 Å². The number of aromatic nitrogens is 2. The van der Waals surface area contributed by atoms with Crippen LogP contribution in [-0.4, -0.2) is 73.6 Å². The molecule has 1 aromatic heterocycles. The van der Waals surface area contributed by atoms with Crippen molar-refractivity contribution in [1.82, 2.24) is 19.5 Å². The van der Waals surface area contributed by atoms with Crippen molar-refractivity contribution in [1.29, 1.82) is 0 Å². The monoisotopic (exact) mass is 304 g/mol. The van der Waals surface area contributed by atoms with Crippen LogP contribution >= 0.6 is 0 Å². The molecule has 1 fully saturated rings. The molecule has 1 aliphatic rings. The predicted molar refractivity (Wildman–Crippen MR) is 71.5 cm³/mol. The molecule has 8 nitrogen and oxygen atoms in total. The van der Waals surface area contributed by atoms with Crippen molar-refractivity contribution < 1.29 is 17.8 Å². The van der Waals surface area contributed by atoms with Crippen LogP contribution in [-0.2, 0) is 21.3 Å². The Hall–Kier alpha value is -1.03. The summed E-state index contributed by atoms with van der Waals surface area (Å²) in [7, 11) is -1.70. The molecule has 0 N–H and O–H groups in total. The molecular weight excluding hydrogens is 284 g/mol. The predicted octanol–water partition coefficient (Wildman–Crippen LogP) is -0.528. The smallest absolute Gasteiger partial charge is 0.216 e. The first-order valence-electron chi connectivity index (χ1n) is 6.50. The van der Waals surface area contributed by atoms with Crippen LogP contribution in [0.2, 0.25) is 0 Å². The Kier molecular flexibility index (Phi) is 5.08. The molecule has 0 spiro atoms. The number of sulfonamides is 1. The number of aryl methyl sites for hydroxylation is 1. The Morgan fingerprint density at radius 3 is 2.50 bits per heavy atom. The average molecular weight is 304 g/mol. The molecule has 2 heterocycles. The Balaban J connectivity index is 1.85. The van der Waals surface area contributed by atoms with Gasteiger partial charge in [0.2, 0.25) is 10.0 Å². The van der Waals surface area contributed by atoms with E-state index in [4.69, 9.17) is 4.74 Å². The number of piperazine rings is 1. The highest BCUT2D eigenvalue weighted by molar-refractivity contribution is 7.89. The van der Waals surface area contributed by atoms with Crippen LogP contribution in [0.4, 0.5) is 0 Å². The zero-order valence-corrected chi connectivity index (χ0v) is 12.6. The number of ether oxygens (including phenoxy) is 1. The number of nitrogens with zero attached hydrogens (tertiary/aromatic N) is 4. The first kappa shape index (κ1) is 15.4. The molecular formula is C11H20N4O4S. The standard InChI is InChI=1S/C11H20N4O4S/c1-10-11(13-19-12-10)9-14-3-5-15(6-4-14)20(16,17)8-7-18-2/h3-9H2,1-2H3. The molecule has 0 aromatic carbocycles. The summed E-state index contributed by atoms with van der Waals surface area (Å²) >= 11 is 0. The fourth-order valence-electron chi connectivity index (χ4n) is 2.09. The molecule has 20 heavy (non-hydrogen) atoms. The highest BCUT2D eigenvalue weighted by Crippen LogP contribution is 2.12. The van der Waals surface area contributed by atoms with Gasteiger partial charge in [0.1, 0.15) is 11.4 Å². The second kappa shape index (κ2) is 6.61. The molecule has 0 amide bonds. The van der Waals surface area contributed by atoms with Crippen molar-refractivity contribution in [3.63, 3.8) is 0 Å². The molecule has 2 rings (SSSR count). The van der Waals surface area contributed by atoms with Gasteiger partial charge in [0.15, 0.2) is 0 Å². The maximum atomic E-state index is 12.0. The van der Waals surface area contributed by atoms with Crippen LogP contribution in [0.15, 0.2) is 4.63 Å². The largest absolute Gasteiger partial charge is 0.384 e. The van der Waals surface area contributed by atoms with Crippen molar-refractivity contribution in [2.45, 2.75) is 13.5 Å². The van der Waals surface area contributed by atoms with Crippen LogP contribution in [0, 0.1) is 6.92 Å². The summed E-state index contributed by atoms with van der Waals surface area (Å²) in [4.78, 5) is 2.15. The lowest BCUT2D eigenvalue weighted by Crippen LogP contribution is -2.49. The van der Waals surface area contributed by atoms with E-state index >= 15 is 0 Å². The van der Waals surface area contributed by atoms with Gasteiger partial charge in [-0.1, -0.05) is 10.3 Å². The molecule has 0 unspecified atom stereocenters. The quantitative estimate of drug-likeness (QED) is 0.698. The Morgan fingerprint density at radius 2 is 1.95 bits per heavy atom. The maximum Gasteiger partial charge on any atom is 0.216 e. The summed E-state index contributed by atoms with van der Waals surface area (Å²) in [5, 5.41) is 7.58. The van der Waals surface area contributed by atoms with Gasteiger partial charge in [-0.3, -0.25) is 4.90 Å². The first-order chi connectivity index (χ1) is 9.53. The fourth-order valence-corrected chi connectivity index (χ4v) is 3.44. The van der Waals surface area contributed by atoms with Gasteiger partial charge < -0.3 is 4.74 Å². The number of methoxy groups -OCH3 is 1. The third-order valence-corrected chi connectivity index (χ3v) is 5.22. The van der Waals surface area contributed by atoms with Gasteiger partial charge in [-0.2, -0.15) is 4.31 Å². The first-order valence-corrected chi connectivity index (χ1v) is 8.11. The van der Waals surface area contributed by atoms with Crippen LogP contribution in [0.25, 0.3) is 0 Å². The minimum absolute atomic E-state index is 0.0375. The lowest BCUT2D eigenvalue weighted by Gasteiger charge is -2.33. The summed E-state index contributed by atoms with van der Waals surface area (Å²) in [6, 6.07) is 0. The molecule has 9 heteroatoms. The lowest BCUT2D eigenvalue weighted by molar-refractivity contribution is 0.174. The molecule has 0 bridgehead atoms. The van der Waals surface area contributed by atoms with E-state index in [2.05, 4.69) is 19.8 Å². The Bertz CT molecular complexity index is 522. The summed E-state index contributed by atoms with van der Waals surface area (Å²) < 4.78 is 35.0. The lowest BCUT2D eigenvalue weighted by atomic mass is 10.3. The SMILES string of the molecule is COCCS(=O)(=O)N1CCN(Cc2nonc2C)CC1. The molecule has 1 saturated heterocycles. The molecule has 114 valence electrons. The third kappa shape index (κ3) is 3.75. The summed E-state index contributed by atoms with van der Waals surface area (Å²) in [5.74, 6) is 0.0375. The third-order valence-electron chi connectivity index (χ3n) is 3.39. The Morgan fingerprint density at radius 1 is 1.25 bits per heavy atom. The topological polar surface area (TPSA) is 88.8 Å². The summed E-state index contributed by atoms with van der Waals surface area (Å²) in [6.45, 7) is 5.06. The van der Waals surface area contributed by atoms with Gasteiger partial charge in [-0.25, -0.2) is 13.0 Å². The van der Waals surface area contributed by atoms with Crippen molar-refractivity contribution >= 4 is 10.0 Å². The van der Waals surface area contributed by atoms with Crippen LogP contribution in [0.5, 0.6) is 0 Å².